The molecule has 0 saturated heterocycles. The molecule has 1 unspecified atom stereocenters. The van der Waals surface area contributed by atoms with E-state index in [-0.39, 0.29) is 17.3 Å². The van der Waals surface area contributed by atoms with Crippen molar-refractivity contribution in [1.82, 2.24) is 0 Å². The molecule has 5 nitrogen and oxygen atoms in total. The lowest BCUT2D eigenvalue weighted by Crippen LogP contribution is -1.98. The third-order valence-corrected chi connectivity index (χ3v) is 5.40. The van der Waals surface area contributed by atoms with E-state index < -0.39 is 4.92 Å². The zero-order valence-corrected chi connectivity index (χ0v) is 16.0. The molecule has 0 spiro atoms. The molecule has 0 aliphatic heterocycles. The van der Waals surface area contributed by atoms with Crippen molar-refractivity contribution < 1.29 is 4.92 Å². The van der Waals surface area contributed by atoms with Crippen LogP contribution >= 0.6 is 0 Å². The summed E-state index contributed by atoms with van der Waals surface area (Å²) >= 11 is 0. The molecule has 1 aliphatic carbocycles. The summed E-state index contributed by atoms with van der Waals surface area (Å²) in [6.07, 6.45) is 0. The van der Waals surface area contributed by atoms with Crippen LogP contribution in [-0.4, -0.2) is 4.92 Å². The largest absolute Gasteiger partial charge is 0.296 e. The van der Waals surface area contributed by atoms with Gasteiger partial charge in [0.25, 0.3) is 5.69 Å². The molecule has 0 fully saturated rings. The maximum absolute atomic E-state index is 11.3. The molecule has 0 amide bonds. The third-order valence-electron chi connectivity index (χ3n) is 5.40. The fourth-order valence-corrected chi connectivity index (χ4v) is 4.13. The van der Waals surface area contributed by atoms with Crippen molar-refractivity contribution >= 4 is 17.1 Å². The number of benzene rings is 4. The van der Waals surface area contributed by atoms with Gasteiger partial charge in [-0.2, -0.15) is 0 Å². The number of azo groups is 1. The van der Waals surface area contributed by atoms with Crippen LogP contribution in [0, 0.1) is 10.1 Å². The Bertz CT molecular complexity index is 1280. The van der Waals surface area contributed by atoms with Crippen molar-refractivity contribution in [2.45, 2.75) is 5.92 Å². The van der Waals surface area contributed by atoms with Gasteiger partial charge in [0.1, 0.15) is 0 Å². The predicted octanol–water partition coefficient (Wildman–Crippen LogP) is 7.17. The van der Waals surface area contributed by atoms with Crippen molar-refractivity contribution in [2.75, 3.05) is 0 Å². The average molecular weight is 391 g/mol. The minimum Gasteiger partial charge on any atom is -0.258 e. The minimum atomic E-state index is -0.440. The fraction of sp³-hybridized carbons (Fsp3) is 0.0400. The van der Waals surface area contributed by atoms with Gasteiger partial charge in [-0.25, -0.2) is 0 Å². The SMILES string of the molecule is O=[N+]([O-])c1ccccc1N=Nc1cccc2c1-c1ccccc1C2c1ccccc1. The summed E-state index contributed by atoms with van der Waals surface area (Å²) in [6, 6.07) is 31.1. The van der Waals surface area contributed by atoms with Gasteiger partial charge in [-0.1, -0.05) is 78.9 Å². The summed E-state index contributed by atoms with van der Waals surface area (Å²) in [7, 11) is 0. The van der Waals surface area contributed by atoms with Gasteiger partial charge in [-0.05, 0) is 34.4 Å². The van der Waals surface area contributed by atoms with E-state index in [1.54, 1.807) is 18.2 Å². The quantitative estimate of drug-likeness (QED) is 0.185. The van der Waals surface area contributed by atoms with Gasteiger partial charge in [0, 0.05) is 17.5 Å². The highest BCUT2D eigenvalue weighted by Crippen LogP contribution is 2.51. The van der Waals surface area contributed by atoms with Crippen LogP contribution in [0.2, 0.25) is 0 Å². The number of hydrogen-bond acceptors (Lipinski definition) is 4. The Morgan fingerprint density at radius 1 is 0.667 bits per heavy atom. The molecular weight excluding hydrogens is 374 g/mol. The first-order valence-electron chi connectivity index (χ1n) is 9.66. The molecule has 0 bridgehead atoms. The van der Waals surface area contributed by atoms with Crippen LogP contribution in [0.4, 0.5) is 17.1 Å². The first-order chi connectivity index (χ1) is 14.7. The number of fused-ring (bicyclic) bond motifs is 3. The van der Waals surface area contributed by atoms with Crippen molar-refractivity contribution in [1.29, 1.82) is 0 Å². The van der Waals surface area contributed by atoms with Crippen LogP contribution in [0.3, 0.4) is 0 Å². The normalized spacial score (nSPS) is 14.5. The van der Waals surface area contributed by atoms with Crippen LogP contribution < -0.4 is 0 Å². The number of rotatable bonds is 4. The molecule has 0 aromatic heterocycles. The molecular formula is C25H17N3O2. The Labute approximate surface area is 173 Å². The van der Waals surface area contributed by atoms with Crippen LogP contribution in [0.25, 0.3) is 11.1 Å². The summed E-state index contributed by atoms with van der Waals surface area (Å²) in [5, 5.41) is 20.0. The first kappa shape index (κ1) is 17.9. The van der Waals surface area contributed by atoms with Crippen molar-refractivity contribution in [3.05, 3.63) is 124 Å². The van der Waals surface area contributed by atoms with Crippen LogP contribution in [0.5, 0.6) is 0 Å². The van der Waals surface area contributed by atoms with Crippen LogP contribution in [-0.2, 0) is 0 Å². The van der Waals surface area contributed by atoms with Crippen LogP contribution in [0.1, 0.15) is 22.6 Å². The zero-order chi connectivity index (χ0) is 20.5. The van der Waals surface area contributed by atoms with Gasteiger partial charge in [0.2, 0.25) is 0 Å². The monoisotopic (exact) mass is 391 g/mol. The van der Waals surface area contributed by atoms with E-state index in [1.165, 1.54) is 22.8 Å². The molecule has 0 heterocycles. The Hall–Kier alpha value is -4.12. The van der Waals surface area contributed by atoms with E-state index in [9.17, 15) is 10.1 Å². The average Bonchev–Trinajstić information content (AvgIpc) is 3.13. The van der Waals surface area contributed by atoms with Gasteiger partial charge in [0.05, 0.1) is 10.6 Å². The Morgan fingerprint density at radius 3 is 2.13 bits per heavy atom. The van der Waals surface area contributed by atoms with E-state index in [0.717, 1.165) is 11.1 Å². The molecule has 0 saturated carbocycles. The molecule has 5 rings (SSSR count). The number of para-hydroxylation sites is 1. The van der Waals surface area contributed by atoms with Crippen molar-refractivity contribution in [3.63, 3.8) is 0 Å². The second kappa shape index (κ2) is 7.37. The molecule has 144 valence electrons. The Kier molecular flexibility index (Phi) is 4.41. The standard InChI is InChI=1S/C25H17N3O2/c29-28(30)23-16-7-6-14-21(23)26-27-22-15-8-13-20-24(17-9-2-1-3-10-17)18-11-4-5-12-19(18)25(20)22/h1-16,24H. The number of nitrogens with zero attached hydrogens (tertiary/aromatic N) is 3. The van der Waals surface area contributed by atoms with Gasteiger partial charge in [-0.15, -0.1) is 10.2 Å². The molecule has 1 aliphatic rings. The molecule has 4 aromatic rings. The summed E-state index contributed by atoms with van der Waals surface area (Å²) in [6.45, 7) is 0. The number of hydrogen-bond donors (Lipinski definition) is 0. The maximum Gasteiger partial charge on any atom is 0.296 e. The second-order valence-electron chi connectivity index (χ2n) is 7.12. The van der Waals surface area contributed by atoms with Gasteiger partial charge >= 0.3 is 0 Å². The number of nitro groups is 1. The van der Waals surface area contributed by atoms with E-state index in [1.807, 2.05) is 36.4 Å². The minimum absolute atomic E-state index is 0.0589. The maximum atomic E-state index is 11.3. The van der Waals surface area contributed by atoms with Gasteiger partial charge in [0.15, 0.2) is 5.69 Å². The summed E-state index contributed by atoms with van der Waals surface area (Å²) < 4.78 is 0. The van der Waals surface area contributed by atoms with E-state index in [0.29, 0.717) is 5.69 Å². The second-order valence-corrected chi connectivity index (χ2v) is 7.12. The smallest absolute Gasteiger partial charge is 0.258 e. The van der Waals surface area contributed by atoms with Crippen molar-refractivity contribution in [2.24, 2.45) is 10.2 Å². The van der Waals surface area contributed by atoms with Gasteiger partial charge in [-0.3, -0.25) is 10.1 Å². The first-order valence-corrected chi connectivity index (χ1v) is 9.66. The van der Waals surface area contributed by atoms with E-state index >= 15 is 0 Å². The highest BCUT2D eigenvalue weighted by Gasteiger charge is 2.31. The summed E-state index contributed by atoms with van der Waals surface area (Å²) in [5.41, 5.74) is 6.66. The Balaban J connectivity index is 1.66. The van der Waals surface area contributed by atoms with Gasteiger partial charge < -0.3 is 0 Å². The van der Waals surface area contributed by atoms with E-state index in [4.69, 9.17) is 0 Å². The molecule has 0 N–H and O–H groups in total. The molecule has 1 atom stereocenters. The third kappa shape index (κ3) is 2.97. The highest BCUT2D eigenvalue weighted by molar-refractivity contribution is 5.88. The lowest BCUT2D eigenvalue weighted by atomic mass is 9.89. The molecule has 5 heteroatoms. The molecule has 30 heavy (non-hydrogen) atoms. The summed E-state index contributed by atoms with van der Waals surface area (Å²) in [5.74, 6) is 0.124. The fourth-order valence-electron chi connectivity index (χ4n) is 4.13. The lowest BCUT2D eigenvalue weighted by molar-refractivity contribution is -0.384. The predicted molar refractivity (Wildman–Crippen MR) is 117 cm³/mol. The molecule has 4 aromatic carbocycles. The Morgan fingerprint density at radius 2 is 1.30 bits per heavy atom. The lowest BCUT2D eigenvalue weighted by Gasteiger charge is -2.14. The highest BCUT2D eigenvalue weighted by atomic mass is 16.6. The van der Waals surface area contributed by atoms with Crippen molar-refractivity contribution in [3.8, 4) is 11.1 Å². The molecule has 0 radical (unpaired) electrons. The number of nitro benzene ring substituents is 1. The summed E-state index contributed by atoms with van der Waals surface area (Å²) in [4.78, 5) is 10.8. The van der Waals surface area contributed by atoms with E-state index in [2.05, 4.69) is 46.6 Å². The topological polar surface area (TPSA) is 67.9 Å². The zero-order valence-electron chi connectivity index (χ0n) is 16.0. The van der Waals surface area contributed by atoms with Crippen LogP contribution in [0.15, 0.2) is 107 Å².